The molecule has 0 aromatic carbocycles. The fraction of sp³-hybridized carbons (Fsp3) is 0.533. The Hall–Kier alpha value is -1.33. The molecule has 4 nitrogen and oxygen atoms in total. The molecule has 2 rings (SSSR count). The first-order chi connectivity index (χ1) is 9.25. The number of aryl methyl sites for hydroxylation is 1. The van der Waals surface area contributed by atoms with Crippen LogP contribution in [0.2, 0.25) is 0 Å². The molecular weight excluding hydrogens is 253 g/mol. The summed E-state index contributed by atoms with van der Waals surface area (Å²) >= 11 is 0. The molecule has 108 valence electrons. The van der Waals surface area contributed by atoms with E-state index >= 15 is 0 Å². The Kier molecular flexibility index (Phi) is 3.94. The molecule has 0 spiro atoms. The Balaban J connectivity index is 2.10. The van der Waals surface area contributed by atoms with Crippen LogP contribution in [-0.4, -0.2) is 30.4 Å². The fourth-order valence-corrected chi connectivity index (χ4v) is 2.01. The monoisotopic (exact) mass is 275 g/mol. The summed E-state index contributed by atoms with van der Waals surface area (Å²) in [5.41, 5.74) is 1.28. The fourth-order valence-electron chi connectivity index (χ4n) is 2.01. The average Bonchev–Trinajstić information content (AvgIpc) is 2.55. The Bertz CT molecular complexity index is 510. The molecule has 2 heterocycles. The maximum Gasteiger partial charge on any atom is 0.487 e. The van der Waals surface area contributed by atoms with E-state index in [2.05, 4.69) is 4.98 Å². The third-order valence-corrected chi connectivity index (χ3v) is 4.00. The molecule has 0 radical (unpaired) electrons. The van der Waals surface area contributed by atoms with Crippen molar-refractivity contribution in [3.05, 3.63) is 29.5 Å². The third-order valence-electron chi connectivity index (χ3n) is 4.00. The van der Waals surface area contributed by atoms with E-state index in [9.17, 15) is 0 Å². The summed E-state index contributed by atoms with van der Waals surface area (Å²) in [7, 11) is 1.30. The zero-order valence-corrected chi connectivity index (χ0v) is 13.1. The van der Waals surface area contributed by atoms with Gasteiger partial charge in [-0.1, -0.05) is 5.98 Å². The maximum absolute atomic E-state index is 5.90. The SMILES string of the molecule is COc1cnc(/C=C/B2OC(C)(C)C(C)(C)O2)cc1C. The second-order valence-electron chi connectivity index (χ2n) is 6.06. The molecule has 20 heavy (non-hydrogen) atoms. The van der Waals surface area contributed by atoms with Crippen LogP contribution >= 0.6 is 0 Å². The highest BCUT2D eigenvalue weighted by molar-refractivity contribution is 6.52. The first-order valence-corrected chi connectivity index (χ1v) is 6.80. The highest BCUT2D eigenvalue weighted by Crippen LogP contribution is 2.37. The van der Waals surface area contributed by atoms with Gasteiger partial charge >= 0.3 is 7.12 Å². The van der Waals surface area contributed by atoms with Crippen LogP contribution in [0.3, 0.4) is 0 Å². The minimum Gasteiger partial charge on any atom is -0.495 e. The summed E-state index contributed by atoms with van der Waals surface area (Å²) in [5, 5.41) is 0. The second-order valence-corrected chi connectivity index (χ2v) is 6.06. The van der Waals surface area contributed by atoms with Gasteiger partial charge in [0, 0.05) is 0 Å². The van der Waals surface area contributed by atoms with Crippen LogP contribution in [0, 0.1) is 6.92 Å². The van der Waals surface area contributed by atoms with E-state index in [0.717, 1.165) is 17.0 Å². The van der Waals surface area contributed by atoms with Crippen LogP contribution in [0.5, 0.6) is 5.75 Å². The molecule has 5 heteroatoms. The van der Waals surface area contributed by atoms with E-state index in [1.54, 1.807) is 13.3 Å². The zero-order valence-electron chi connectivity index (χ0n) is 13.1. The molecule has 1 fully saturated rings. The van der Waals surface area contributed by atoms with Crippen molar-refractivity contribution in [2.75, 3.05) is 7.11 Å². The van der Waals surface area contributed by atoms with Gasteiger partial charge in [0.15, 0.2) is 0 Å². The molecule has 1 aromatic rings. The molecular formula is C15H22BNO3. The number of aromatic nitrogens is 1. The molecule has 0 N–H and O–H groups in total. The summed E-state index contributed by atoms with van der Waals surface area (Å²) < 4.78 is 17.0. The van der Waals surface area contributed by atoms with E-state index in [4.69, 9.17) is 14.0 Å². The van der Waals surface area contributed by atoms with Gasteiger partial charge in [0.05, 0.1) is 30.2 Å². The van der Waals surface area contributed by atoms with Crippen molar-refractivity contribution in [1.29, 1.82) is 0 Å². The van der Waals surface area contributed by atoms with Gasteiger partial charge in [-0.15, -0.1) is 0 Å². The van der Waals surface area contributed by atoms with Crippen molar-refractivity contribution in [2.45, 2.75) is 45.8 Å². The summed E-state index contributed by atoms with van der Waals surface area (Å²) in [5.74, 6) is 2.68. The van der Waals surface area contributed by atoms with Crippen molar-refractivity contribution in [3.63, 3.8) is 0 Å². The van der Waals surface area contributed by atoms with Gasteiger partial charge in [-0.25, -0.2) is 0 Å². The average molecular weight is 275 g/mol. The van der Waals surface area contributed by atoms with Crippen molar-refractivity contribution in [3.8, 4) is 5.75 Å². The number of methoxy groups -OCH3 is 1. The van der Waals surface area contributed by atoms with Crippen LogP contribution < -0.4 is 4.74 Å². The topological polar surface area (TPSA) is 40.6 Å². The summed E-state index contributed by atoms with van der Waals surface area (Å²) in [6, 6.07) is 1.97. The quantitative estimate of drug-likeness (QED) is 0.795. The van der Waals surface area contributed by atoms with E-state index in [1.165, 1.54) is 0 Å². The Morgan fingerprint density at radius 3 is 2.30 bits per heavy atom. The van der Waals surface area contributed by atoms with Gasteiger partial charge in [-0.3, -0.25) is 4.98 Å². The number of ether oxygens (including phenoxy) is 1. The molecule has 0 amide bonds. The summed E-state index contributed by atoms with van der Waals surface area (Å²) in [6.07, 6.45) is 3.63. The second kappa shape index (κ2) is 5.22. The third kappa shape index (κ3) is 2.89. The smallest absolute Gasteiger partial charge is 0.487 e. The van der Waals surface area contributed by atoms with Gasteiger partial charge < -0.3 is 14.0 Å². The Labute approximate surface area is 121 Å². The molecule has 1 aliphatic heterocycles. The number of hydrogen-bond acceptors (Lipinski definition) is 4. The van der Waals surface area contributed by atoms with E-state index in [-0.39, 0.29) is 18.3 Å². The summed E-state index contributed by atoms with van der Waals surface area (Å²) in [6.45, 7) is 10.1. The molecule has 0 bridgehead atoms. The molecule has 1 aromatic heterocycles. The highest BCUT2D eigenvalue weighted by atomic mass is 16.7. The number of rotatable bonds is 3. The number of hydrogen-bond donors (Lipinski definition) is 0. The van der Waals surface area contributed by atoms with Crippen LogP contribution in [0.25, 0.3) is 6.08 Å². The first-order valence-electron chi connectivity index (χ1n) is 6.80. The number of pyridine rings is 1. The van der Waals surface area contributed by atoms with Gasteiger partial charge in [-0.05, 0) is 52.3 Å². The lowest BCUT2D eigenvalue weighted by Gasteiger charge is -2.32. The minimum atomic E-state index is -0.343. The standard InChI is InChI=1S/C15H22BNO3/c1-11-9-12(17-10-13(11)18-6)7-8-16-19-14(2,3)15(4,5)20-16/h7-10H,1-6H3/b8-7+. The normalized spacial score (nSPS) is 20.6. The van der Waals surface area contributed by atoms with Crippen LogP contribution in [0.15, 0.2) is 18.2 Å². The molecule has 0 aliphatic carbocycles. The summed E-state index contributed by atoms with van der Waals surface area (Å²) in [4.78, 5) is 4.32. The van der Waals surface area contributed by atoms with Gasteiger partial charge in [0.2, 0.25) is 0 Å². The minimum absolute atomic E-state index is 0.314. The van der Waals surface area contributed by atoms with Gasteiger partial charge in [-0.2, -0.15) is 0 Å². The maximum atomic E-state index is 5.90. The van der Waals surface area contributed by atoms with Gasteiger partial charge in [0.1, 0.15) is 5.75 Å². The lowest BCUT2D eigenvalue weighted by atomic mass is 9.89. The molecule has 1 aliphatic rings. The lowest BCUT2D eigenvalue weighted by Crippen LogP contribution is -2.41. The molecule has 0 saturated carbocycles. The van der Waals surface area contributed by atoms with Crippen LogP contribution in [0.4, 0.5) is 0 Å². The van der Waals surface area contributed by atoms with E-state index in [1.807, 2.05) is 52.7 Å². The largest absolute Gasteiger partial charge is 0.495 e. The zero-order chi connectivity index (χ0) is 15.0. The predicted molar refractivity (Wildman–Crippen MR) is 80.6 cm³/mol. The molecule has 1 saturated heterocycles. The number of nitrogens with zero attached hydrogens (tertiary/aromatic N) is 1. The lowest BCUT2D eigenvalue weighted by molar-refractivity contribution is 0.00578. The Morgan fingerprint density at radius 2 is 1.80 bits per heavy atom. The van der Waals surface area contributed by atoms with Gasteiger partial charge in [0.25, 0.3) is 0 Å². The molecule has 0 atom stereocenters. The first kappa shape index (κ1) is 15.1. The van der Waals surface area contributed by atoms with Crippen molar-refractivity contribution in [2.24, 2.45) is 0 Å². The van der Waals surface area contributed by atoms with Crippen LogP contribution in [-0.2, 0) is 9.31 Å². The Morgan fingerprint density at radius 1 is 1.20 bits per heavy atom. The highest BCUT2D eigenvalue weighted by Gasteiger charge is 2.49. The van der Waals surface area contributed by atoms with Crippen molar-refractivity contribution >= 4 is 13.2 Å². The van der Waals surface area contributed by atoms with Crippen molar-refractivity contribution in [1.82, 2.24) is 4.98 Å². The molecule has 0 unspecified atom stereocenters. The van der Waals surface area contributed by atoms with Crippen LogP contribution in [0.1, 0.15) is 39.0 Å². The van der Waals surface area contributed by atoms with Crippen molar-refractivity contribution < 1.29 is 14.0 Å². The van der Waals surface area contributed by atoms with E-state index in [0.29, 0.717) is 0 Å². The predicted octanol–water partition coefficient (Wildman–Crippen LogP) is 3.04. The van der Waals surface area contributed by atoms with E-state index < -0.39 is 0 Å².